The van der Waals surface area contributed by atoms with Crippen molar-refractivity contribution in [3.8, 4) is 0 Å². The van der Waals surface area contributed by atoms with E-state index in [4.69, 9.17) is 0 Å². The molecular weight excluding hydrogens is 302 g/mol. The number of aryl methyl sites for hydroxylation is 1. The van der Waals surface area contributed by atoms with Gasteiger partial charge in [0.05, 0.1) is 4.92 Å². The van der Waals surface area contributed by atoms with Gasteiger partial charge in [-0.15, -0.1) is 0 Å². The molecule has 128 valence electrons. The summed E-state index contributed by atoms with van der Waals surface area (Å²) >= 11 is 0. The number of rotatable bonds is 3. The molecule has 1 heterocycles. The first-order valence-corrected chi connectivity index (χ1v) is 9.16. The number of H-pyrrole nitrogens is 1. The minimum atomic E-state index is -0.305. The normalized spacial score (nSPS) is 27.1. The standard InChI is InChI=1S/C19H25N3O2/c1-12-5-7-13(8-6-12)20-18-4-2-3-15-16-11-14(22(23)24)9-10-17(16)21-19(15)18/h9-13,18,20-21H,2-8H2,1H3/t12?,13?,18-/m1/s1. The van der Waals surface area contributed by atoms with E-state index < -0.39 is 0 Å². The molecule has 2 aliphatic carbocycles. The van der Waals surface area contributed by atoms with Crippen LogP contribution in [-0.2, 0) is 6.42 Å². The smallest absolute Gasteiger partial charge is 0.270 e. The lowest BCUT2D eigenvalue weighted by Crippen LogP contribution is -2.37. The highest BCUT2D eigenvalue weighted by molar-refractivity contribution is 5.87. The average Bonchev–Trinajstić information content (AvgIpc) is 2.96. The van der Waals surface area contributed by atoms with Crippen LogP contribution >= 0.6 is 0 Å². The highest BCUT2D eigenvalue weighted by Gasteiger charge is 2.28. The molecule has 2 aliphatic rings. The molecule has 0 amide bonds. The van der Waals surface area contributed by atoms with Gasteiger partial charge in [0.15, 0.2) is 0 Å². The van der Waals surface area contributed by atoms with E-state index in [1.807, 2.05) is 6.07 Å². The number of nitro groups is 1. The highest BCUT2D eigenvalue weighted by Crippen LogP contribution is 2.37. The summed E-state index contributed by atoms with van der Waals surface area (Å²) in [6.45, 7) is 2.35. The minimum Gasteiger partial charge on any atom is -0.357 e. The Hall–Kier alpha value is -1.88. The van der Waals surface area contributed by atoms with Crippen LogP contribution in [0.15, 0.2) is 18.2 Å². The van der Waals surface area contributed by atoms with Gasteiger partial charge < -0.3 is 10.3 Å². The van der Waals surface area contributed by atoms with E-state index in [-0.39, 0.29) is 10.6 Å². The number of non-ortho nitro benzene ring substituents is 1. The van der Waals surface area contributed by atoms with Crippen LogP contribution in [0.3, 0.4) is 0 Å². The molecule has 1 atom stereocenters. The van der Waals surface area contributed by atoms with Gasteiger partial charge in [0, 0.05) is 40.8 Å². The SMILES string of the molecule is CC1CCC(N[C@@H]2CCCc3c2[nH]c2ccc([N+](=O)[O-])cc32)CC1. The van der Waals surface area contributed by atoms with Crippen LogP contribution in [-0.4, -0.2) is 15.9 Å². The Morgan fingerprint density at radius 2 is 2.00 bits per heavy atom. The van der Waals surface area contributed by atoms with Crippen LogP contribution in [0.5, 0.6) is 0 Å². The molecule has 5 heteroatoms. The number of aromatic nitrogens is 1. The van der Waals surface area contributed by atoms with Gasteiger partial charge in [0.25, 0.3) is 5.69 Å². The van der Waals surface area contributed by atoms with Gasteiger partial charge in [-0.3, -0.25) is 10.1 Å². The fraction of sp³-hybridized carbons (Fsp3) is 0.579. The third-order valence-corrected chi connectivity index (χ3v) is 5.85. The van der Waals surface area contributed by atoms with Crippen molar-refractivity contribution in [3.63, 3.8) is 0 Å². The lowest BCUT2D eigenvalue weighted by molar-refractivity contribution is -0.384. The third kappa shape index (κ3) is 2.81. The van der Waals surface area contributed by atoms with Crippen LogP contribution in [0, 0.1) is 16.0 Å². The predicted molar refractivity (Wildman–Crippen MR) is 95.2 cm³/mol. The second-order valence-corrected chi connectivity index (χ2v) is 7.57. The summed E-state index contributed by atoms with van der Waals surface area (Å²) in [6, 6.07) is 6.15. The Labute approximate surface area is 142 Å². The molecule has 2 N–H and O–H groups in total. The van der Waals surface area contributed by atoms with Crippen molar-refractivity contribution >= 4 is 16.6 Å². The fourth-order valence-corrected chi connectivity index (χ4v) is 4.44. The summed E-state index contributed by atoms with van der Waals surface area (Å²) in [5.41, 5.74) is 3.74. The summed E-state index contributed by atoms with van der Waals surface area (Å²) in [5.74, 6) is 0.860. The molecule has 0 spiro atoms. The van der Waals surface area contributed by atoms with Gasteiger partial charge in [-0.05, 0) is 62.5 Å². The van der Waals surface area contributed by atoms with Crippen molar-refractivity contribution in [1.29, 1.82) is 0 Å². The van der Waals surface area contributed by atoms with Crippen LogP contribution in [0.1, 0.15) is 62.7 Å². The van der Waals surface area contributed by atoms with Gasteiger partial charge in [-0.2, -0.15) is 0 Å². The van der Waals surface area contributed by atoms with Gasteiger partial charge in [-0.25, -0.2) is 0 Å². The van der Waals surface area contributed by atoms with Crippen molar-refractivity contribution in [2.24, 2.45) is 5.92 Å². The summed E-state index contributed by atoms with van der Waals surface area (Å²) in [7, 11) is 0. The molecule has 0 bridgehead atoms. The van der Waals surface area contributed by atoms with Crippen molar-refractivity contribution in [3.05, 3.63) is 39.6 Å². The van der Waals surface area contributed by atoms with Crippen LogP contribution in [0.4, 0.5) is 5.69 Å². The fourth-order valence-electron chi connectivity index (χ4n) is 4.44. The number of benzene rings is 1. The number of aromatic amines is 1. The summed E-state index contributed by atoms with van der Waals surface area (Å²) < 4.78 is 0. The summed E-state index contributed by atoms with van der Waals surface area (Å²) in [4.78, 5) is 14.3. The molecular formula is C19H25N3O2. The second-order valence-electron chi connectivity index (χ2n) is 7.57. The topological polar surface area (TPSA) is 71.0 Å². The third-order valence-electron chi connectivity index (χ3n) is 5.85. The summed E-state index contributed by atoms with van der Waals surface area (Å²) in [6.07, 6.45) is 8.46. The molecule has 1 fully saturated rings. The Kier molecular flexibility index (Phi) is 4.04. The lowest BCUT2D eigenvalue weighted by atomic mass is 9.85. The molecule has 4 rings (SSSR count). The van der Waals surface area contributed by atoms with Gasteiger partial charge in [-0.1, -0.05) is 6.92 Å². The monoisotopic (exact) mass is 327 g/mol. The van der Waals surface area contributed by atoms with Crippen LogP contribution < -0.4 is 5.32 Å². The molecule has 0 radical (unpaired) electrons. The first kappa shape index (κ1) is 15.6. The van der Waals surface area contributed by atoms with Crippen LogP contribution in [0.2, 0.25) is 0 Å². The molecule has 5 nitrogen and oxygen atoms in total. The zero-order chi connectivity index (χ0) is 16.7. The largest absolute Gasteiger partial charge is 0.357 e. The number of fused-ring (bicyclic) bond motifs is 3. The predicted octanol–water partition coefficient (Wildman–Crippen LogP) is 4.62. The van der Waals surface area contributed by atoms with E-state index in [0.29, 0.717) is 12.1 Å². The number of nitrogens with one attached hydrogen (secondary N) is 2. The Morgan fingerprint density at radius 1 is 1.21 bits per heavy atom. The maximum absolute atomic E-state index is 11.1. The van der Waals surface area contributed by atoms with E-state index in [9.17, 15) is 10.1 Å². The van der Waals surface area contributed by atoms with Crippen LogP contribution in [0.25, 0.3) is 10.9 Å². The number of nitro benzene ring substituents is 1. The number of nitrogens with zero attached hydrogens (tertiary/aromatic N) is 1. The number of hydrogen-bond donors (Lipinski definition) is 2. The molecule has 1 aromatic carbocycles. The first-order chi connectivity index (χ1) is 11.6. The average molecular weight is 327 g/mol. The molecule has 0 aliphatic heterocycles. The van der Waals surface area contributed by atoms with Crippen molar-refractivity contribution in [2.45, 2.75) is 64.0 Å². The summed E-state index contributed by atoms with van der Waals surface area (Å²) in [5, 5.41) is 16.0. The zero-order valence-electron chi connectivity index (χ0n) is 14.2. The molecule has 2 aromatic rings. The Morgan fingerprint density at radius 3 is 2.75 bits per heavy atom. The molecule has 1 saturated carbocycles. The highest BCUT2D eigenvalue weighted by atomic mass is 16.6. The van der Waals surface area contributed by atoms with Gasteiger partial charge >= 0.3 is 0 Å². The lowest BCUT2D eigenvalue weighted by Gasteiger charge is -2.32. The molecule has 1 aromatic heterocycles. The van der Waals surface area contributed by atoms with Gasteiger partial charge in [0.1, 0.15) is 0 Å². The minimum absolute atomic E-state index is 0.181. The number of hydrogen-bond acceptors (Lipinski definition) is 3. The maximum Gasteiger partial charge on any atom is 0.270 e. The van der Waals surface area contributed by atoms with Crippen molar-refractivity contribution in [2.75, 3.05) is 0 Å². The van der Waals surface area contributed by atoms with Crippen molar-refractivity contribution < 1.29 is 4.92 Å². The molecule has 0 unspecified atom stereocenters. The Bertz CT molecular complexity index is 759. The zero-order valence-corrected chi connectivity index (χ0v) is 14.2. The van der Waals surface area contributed by atoms with E-state index >= 15 is 0 Å². The quantitative estimate of drug-likeness (QED) is 0.638. The first-order valence-electron chi connectivity index (χ1n) is 9.16. The van der Waals surface area contributed by atoms with E-state index in [1.165, 1.54) is 36.9 Å². The van der Waals surface area contributed by atoms with E-state index in [1.54, 1.807) is 12.1 Å². The van der Waals surface area contributed by atoms with Gasteiger partial charge in [0.2, 0.25) is 0 Å². The maximum atomic E-state index is 11.1. The Balaban J connectivity index is 1.62. The van der Waals surface area contributed by atoms with E-state index in [2.05, 4.69) is 17.2 Å². The van der Waals surface area contributed by atoms with Crippen molar-refractivity contribution in [1.82, 2.24) is 10.3 Å². The molecule has 0 saturated heterocycles. The van der Waals surface area contributed by atoms with E-state index in [0.717, 1.165) is 36.1 Å². The second kappa shape index (κ2) is 6.20. The molecule has 24 heavy (non-hydrogen) atoms.